The number of halogens is 1. The molecule has 0 spiro atoms. The van der Waals surface area contributed by atoms with E-state index in [-0.39, 0.29) is 5.82 Å². The van der Waals surface area contributed by atoms with Crippen molar-refractivity contribution in [3.05, 3.63) is 47.5 Å². The molecule has 21 heavy (non-hydrogen) atoms. The second-order valence-electron chi connectivity index (χ2n) is 5.81. The van der Waals surface area contributed by atoms with Crippen molar-refractivity contribution in [2.75, 3.05) is 11.9 Å². The van der Waals surface area contributed by atoms with Gasteiger partial charge in [-0.2, -0.15) is 5.10 Å². The van der Waals surface area contributed by atoms with Gasteiger partial charge in [-0.3, -0.25) is 4.68 Å². The normalized spacial score (nSPS) is 14.4. The van der Waals surface area contributed by atoms with E-state index in [1.807, 2.05) is 32.6 Å². The van der Waals surface area contributed by atoms with E-state index >= 15 is 0 Å². The summed E-state index contributed by atoms with van der Waals surface area (Å²) in [5.41, 5.74) is 3.21. The maximum atomic E-state index is 13.5. The minimum Gasteiger partial charge on any atom is -0.370 e. The Morgan fingerprint density at radius 3 is 2.90 bits per heavy atom. The van der Waals surface area contributed by atoms with Crippen molar-refractivity contribution in [1.29, 1.82) is 0 Å². The molecule has 2 aromatic rings. The summed E-state index contributed by atoms with van der Waals surface area (Å²) in [6.07, 6.45) is 6.33. The molecular weight excluding hydrogens is 267 g/mol. The maximum absolute atomic E-state index is 13.5. The van der Waals surface area contributed by atoms with Gasteiger partial charge in [-0.05, 0) is 36.6 Å². The van der Waals surface area contributed by atoms with Crippen LogP contribution in [0.3, 0.4) is 0 Å². The van der Waals surface area contributed by atoms with E-state index in [0.717, 1.165) is 29.9 Å². The largest absolute Gasteiger partial charge is 0.370 e. The summed E-state index contributed by atoms with van der Waals surface area (Å²) in [7, 11) is 3.94. The molecule has 1 aromatic heterocycles. The molecule has 1 fully saturated rings. The summed E-state index contributed by atoms with van der Waals surface area (Å²) in [6, 6.07) is 5.63. The van der Waals surface area contributed by atoms with E-state index in [1.54, 1.807) is 10.7 Å². The number of rotatable bonds is 6. The summed E-state index contributed by atoms with van der Waals surface area (Å²) in [4.78, 5) is 2.14. The predicted octanol–water partition coefficient (Wildman–Crippen LogP) is 2.45. The summed E-state index contributed by atoms with van der Waals surface area (Å²) in [5.74, 6) is -0.180. The second-order valence-corrected chi connectivity index (χ2v) is 5.81. The van der Waals surface area contributed by atoms with Crippen molar-refractivity contribution in [2.24, 2.45) is 7.05 Å². The highest BCUT2D eigenvalue weighted by molar-refractivity contribution is 5.53. The zero-order valence-electron chi connectivity index (χ0n) is 12.5. The lowest BCUT2D eigenvalue weighted by molar-refractivity contribution is 0.619. The fourth-order valence-corrected chi connectivity index (χ4v) is 2.52. The van der Waals surface area contributed by atoms with Crippen LogP contribution in [0.5, 0.6) is 0 Å². The number of benzene rings is 1. The molecule has 0 bridgehead atoms. The number of hydrogen-bond donors (Lipinski definition) is 1. The highest BCUT2D eigenvalue weighted by Gasteiger charge is 2.21. The molecule has 1 N–H and O–H groups in total. The smallest absolute Gasteiger partial charge is 0.123 e. The Bertz CT molecular complexity index is 618. The lowest BCUT2D eigenvalue weighted by atomic mass is 10.1. The number of hydrogen-bond acceptors (Lipinski definition) is 3. The highest BCUT2D eigenvalue weighted by atomic mass is 19.1. The third kappa shape index (κ3) is 3.61. The molecule has 1 aliphatic rings. The number of aryl methyl sites for hydroxylation is 1. The van der Waals surface area contributed by atoms with Crippen LogP contribution in [0.1, 0.15) is 24.0 Å². The Morgan fingerprint density at radius 2 is 2.24 bits per heavy atom. The molecule has 0 amide bonds. The molecule has 5 heteroatoms. The first-order chi connectivity index (χ1) is 10.1. The van der Waals surface area contributed by atoms with Gasteiger partial charge in [0.05, 0.1) is 6.20 Å². The van der Waals surface area contributed by atoms with E-state index < -0.39 is 0 Å². The molecule has 1 aliphatic carbocycles. The molecule has 0 unspecified atom stereocenters. The zero-order chi connectivity index (χ0) is 14.8. The van der Waals surface area contributed by atoms with Crippen molar-refractivity contribution >= 4 is 5.69 Å². The van der Waals surface area contributed by atoms with Gasteiger partial charge in [0.2, 0.25) is 0 Å². The first kappa shape index (κ1) is 14.1. The van der Waals surface area contributed by atoms with Crippen LogP contribution in [-0.4, -0.2) is 22.9 Å². The molecule has 1 aromatic carbocycles. The lowest BCUT2D eigenvalue weighted by Crippen LogP contribution is -2.21. The molecule has 0 radical (unpaired) electrons. The van der Waals surface area contributed by atoms with E-state index in [1.165, 1.54) is 18.9 Å². The van der Waals surface area contributed by atoms with Crippen molar-refractivity contribution in [3.63, 3.8) is 0 Å². The molecule has 112 valence electrons. The summed E-state index contributed by atoms with van der Waals surface area (Å²) >= 11 is 0. The summed E-state index contributed by atoms with van der Waals surface area (Å²) in [5, 5.41) is 7.64. The van der Waals surface area contributed by atoms with Crippen LogP contribution in [0.2, 0.25) is 0 Å². The lowest BCUT2D eigenvalue weighted by Gasteiger charge is -2.22. The zero-order valence-corrected chi connectivity index (χ0v) is 12.5. The Balaban J connectivity index is 1.75. The molecule has 3 rings (SSSR count). The minimum absolute atomic E-state index is 0.180. The van der Waals surface area contributed by atoms with Gasteiger partial charge in [0.25, 0.3) is 0 Å². The van der Waals surface area contributed by atoms with Crippen LogP contribution in [0.15, 0.2) is 30.6 Å². The van der Waals surface area contributed by atoms with Gasteiger partial charge in [-0.1, -0.05) is 0 Å². The van der Waals surface area contributed by atoms with Gasteiger partial charge < -0.3 is 10.2 Å². The van der Waals surface area contributed by atoms with Gasteiger partial charge in [0.15, 0.2) is 0 Å². The van der Waals surface area contributed by atoms with Crippen LogP contribution < -0.4 is 10.2 Å². The highest BCUT2D eigenvalue weighted by Crippen LogP contribution is 2.25. The number of aromatic nitrogens is 2. The Labute approximate surface area is 124 Å². The van der Waals surface area contributed by atoms with E-state index in [9.17, 15) is 4.39 Å². The Morgan fingerprint density at radius 1 is 1.43 bits per heavy atom. The molecular formula is C16H21FN4. The molecule has 1 saturated carbocycles. The Hall–Kier alpha value is -1.88. The van der Waals surface area contributed by atoms with Gasteiger partial charge in [-0.25, -0.2) is 4.39 Å². The quantitative estimate of drug-likeness (QED) is 0.886. The SMILES string of the molecule is CN(Cc1cnn(C)c1)c1ccc(F)cc1CNC1CC1. The average Bonchev–Trinajstić information content (AvgIpc) is 3.19. The van der Waals surface area contributed by atoms with E-state index in [4.69, 9.17) is 0 Å². The van der Waals surface area contributed by atoms with E-state index in [2.05, 4.69) is 15.3 Å². The van der Waals surface area contributed by atoms with E-state index in [0.29, 0.717) is 6.04 Å². The van der Waals surface area contributed by atoms with Crippen LogP contribution in [0.4, 0.5) is 10.1 Å². The standard InChI is InChI=1S/C16H21FN4/c1-20(10-12-8-19-21(2)11-12)16-6-3-14(17)7-13(16)9-18-15-4-5-15/h3,6-8,11,15,18H,4-5,9-10H2,1-2H3. The number of nitrogens with one attached hydrogen (secondary N) is 1. The molecule has 0 atom stereocenters. The van der Waals surface area contributed by atoms with Gasteiger partial charge in [-0.15, -0.1) is 0 Å². The average molecular weight is 288 g/mol. The number of anilines is 1. The topological polar surface area (TPSA) is 33.1 Å². The van der Waals surface area contributed by atoms with Crippen LogP contribution >= 0.6 is 0 Å². The summed E-state index contributed by atoms with van der Waals surface area (Å²) in [6.45, 7) is 1.48. The van der Waals surface area contributed by atoms with Crippen molar-refractivity contribution in [2.45, 2.75) is 32.0 Å². The first-order valence-electron chi connectivity index (χ1n) is 7.32. The van der Waals surface area contributed by atoms with Crippen molar-refractivity contribution in [3.8, 4) is 0 Å². The van der Waals surface area contributed by atoms with Crippen LogP contribution in [0, 0.1) is 5.82 Å². The van der Waals surface area contributed by atoms with Crippen LogP contribution in [-0.2, 0) is 20.1 Å². The van der Waals surface area contributed by atoms with Gasteiger partial charge >= 0.3 is 0 Å². The maximum Gasteiger partial charge on any atom is 0.123 e. The molecule has 0 aliphatic heterocycles. The van der Waals surface area contributed by atoms with Crippen LogP contribution in [0.25, 0.3) is 0 Å². The third-order valence-electron chi connectivity index (χ3n) is 3.79. The van der Waals surface area contributed by atoms with Gasteiger partial charge in [0, 0.05) is 50.7 Å². The molecule has 1 heterocycles. The monoisotopic (exact) mass is 288 g/mol. The fraction of sp³-hybridized carbons (Fsp3) is 0.438. The number of nitrogens with zero attached hydrogens (tertiary/aromatic N) is 3. The minimum atomic E-state index is -0.180. The summed E-state index contributed by atoms with van der Waals surface area (Å²) < 4.78 is 15.3. The second kappa shape index (κ2) is 5.85. The molecule has 4 nitrogen and oxygen atoms in total. The van der Waals surface area contributed by atoms with Gasteiger partial charge in [0.1, 0.15) is 5.82 Å². The fourth-order valence-electron chi connectivity index (χ4n) is 2.52. The molecule has 0 saturated heterocycles. The Kier molecular flexibility index (Phi) is 3.92. The van der Waals surface area contributed by atoms with Crippen molar-refractivity contribution in [1.82, 2.24) is 15.1 Å². The first-order valence-corrected chi connectivity index (χ1v) is 7.32. The van der Waals surface area contributed by atoms with Crippen molar-refractivity contribution < 1.29 is 4.39 Å². The third-order valence-corrected chi connectivity index (χ3v) is 3.79. The predicted molar refractivity (Wildman–Crippen MR) is 81.6 cm³/mol.